The van der Waals surface area contributed by atoms with E-state index >= 15 is 0 Å². The van der Waals surface area contributed by atoms with Crippen molar-refractivity contribution in [2.45, 2.75) is 4.90 Å². The fraction of sp³-hybridized carbons (Fsp3) is 0.235. The number of hydrogen-bond acceptors (Lipinski definition) is 6. The third kappa shape index (κ3) is 4.23. The molecule has 142 valence electrons. The Hall–Kier alpha value is -2.98. The molecule has 0 atom stereocenters. The molecule has 3 rings (SSSR count). The lowest BCUT2D eigenvalue weighted by Gasteiger charge is -2.32. The van der Waals surface area contributed by atoms with Gasteiger partial charge >= 0.3 is 0 Å². The molecule has 10 heteroatoms. The average molecular weight is 390 g/mol. The summed E-state index contributed by atoms with van der Waals surface area (Å²) in [6.07, 6.45) is 1.58. The summed E-state index contributed by atoms with van der Waals surface area (Å²) < 4.78 is 31.8. The maximum atomic E-state index is 12.8. The Morgan fingerprint density at radius 2 is 1.89 bits per heavy atom. The smallest absolute Gasteiger partial charge is 0.255 e. The minimum absolute atomic E-state index is 0.0352. The minimum atomic E-state index is -3.83. The molecule has 9 nitrogen and oxygen atoms in total. The molecule has 1 aliphatic rings. The lowest BCUT2D eigenvalue weighted by molar-refractivity contribution is -0.120. The maximum Gasteiger partial charge on any atom is 0.255 e. The van der Waals surface area contributed by atoms with Crippen molar-refractivity contribution in [3.05, 3.63) is 48.7 Å². The molecule has 0 saturated carbocycles. The van der Waals surface area contributed by atoms with E-state index in [1.54, 1.807) is 24.4 Å². The number of pyridine rings is 1. The van der Waals surface area contributed by atoms with Crippen LogP contribution in [0.3, 0.4) is 0 Å². The second-order valence-corrected chi connectivity index (χ2v) is 7.74. The number of ether oxygens (including phenoxy) is 1. The van der Waals surface area contributed by atoms with Crippen LogP contribution in [-0.4, -0.2) is 55.8 Å². The summed E-state index contributed by atoms with van der Waals surface area (Å²) in [6, 6.07) is 10.8. The van der Waals surface area contributed by atoms with Gasteiger partial charge in [-0.1, -0.05) is 6.07 Å². The molecule has 0 spiro atoms. The third-order valence-corrected chi connectivity index (χ3v) is 5.81. The molecule has 1 aliphatic heterocycles. The average Bonchev–Trinajstić information content (AvgIpc) is 2.67. The zero-order valence-corrected chi connectivity index (χ0v) is 15.1. The van der Waals surface area contributed by atoms with Gasteiger partial charge in [0.1, 0.15) is 11.6 Å². The predicted molar refractivity (Wildman–Crippen MR) is 96.5 cm³/mol. The molecule has 2 amide bonds. The number of hydrogen-bond donors (Lipinski definition) is 1. The van der Waals surface area contributed by atoms with Crippen molar-refractivity contribution >= 4 is 27.7 Å². The van der Waals surface area contributed by atoms with Crippen molar-refractivity contribution in [2.24, 2.45) is 5.73 Å². The fourth-order valence-electron chi connectivity index (χ4n) is 2.62. The number of aromatic nitrogens is 1. The van der Waals surface area contributed by atoms with Crippen molar-refractivity contribution in [2.75, 3.05) is 31.1 Å². The van der Waals surface area contributed by atoms with Crippen molar-refractivity contribution in [1.29, 1.82) is 0 Å². The SMILES string of the molecule is NC(=O)COc1ccc(S(=O)(=O)N2CCN(c3ccccn3)C(=O)C2)cc1. The molecule has 0 radical (unpaired) electrons. The molecule has 1 aromatic heterocycles. The number of anilines is 1. The van der Waals surface area contributed by atoms with Gasteiger partial charge in [0.2, 0.25) is 15.9 Å². The number of rotatable bonds is 6. The highest BCUT2D eigenvalue weighted by molar-refractivity contribution is 7.89. The zero-order valence-electron chi connectivity index (χ0n) is 14.3. The van der Waals surface area contributed by atoms with E-state index in [1.807, 2.05) is 0 Å². The van der Waals surface area contributed by atoms with Crippen LogP contribution in [0.15, 0.2) is 53.6 Å². The van der Waals surface area contributed by atoms with E-state index < -0.39 is 15.9 Å². The highest BCUT2D eigenvalue weighted by Gasteiger charge is 2.33. The number of piperazine rings is 1. The van der Waals surface area contributed by atoms with Gasteiger partial charge in [0.15, 0.2) is 6.61 Å². The van der Waals surface area contributed by atoms with Gasteiger partial charge in [0.25, 0.3) is 5.91 Å². The number of amides is 2. The van der Waals surface area contributed by atoms with Crippen LogP contribution in [0.1, 0.15) is 0 Å². The highest BCUT2D eigenvalue weighted by Crippen LogP contribution is 2.22. The molecule has 2 aromatic rings. The lowest BCUT2D eigenvalue weighted by Crippen LogP contribution is -2.52. The van der Waals surface area contributed by atoms with E-state index in [0.717, 1.165) is 4.31 Å². The molecule has 2 heterocycles. The Balaban J connectivity index is 1.71. The monoisotopic (exact) mass is 390 g/mol. The Kier molecular flexibility index (Phi) is 5.38. The Labute approximate surface area is 156 Å². The Morgan fingerprint density at radius 1 is 1.15 bits per heavy atom. The van der Waals surface area contributed by atoms with Gasteiger partial charge in [-0.3, -0.25) is 14.5 Å². The Bertz CT molecular complexity index is 932. The molecule has 2 N–H and O–H groups in total. The quantitative estimate of drug-likeness (QED) is 0.740. The van der Waals surface area contributed by atoms with Gasteiger partial charge in [-0.15, -0.1) is 0 Å². The molecule has 0 aliphatic carbocycles. The van der Waals surface area contributed by atoms with Crippen LogP contribution >= 0.6 is 0 Å². The lowest BCUT2D eigenvalue weighted by atomic mass is 10.3. The third-order valence-electron chi connectivity index (χ3n) is 3.95. The van der Waals surface area contributed by atoms with Crippen molar-refractivity contribution in [1.82, 2.24) is 9.29 Å². The summed E-state index contributed by atoms with van der Waals surface area (Å²) >= 11 is 0. The van der Waals surface area contributed by atoms with Gasteiger partial charge in [0.05, 0.1) is 11.4 Å². The van der Waals surface area contributed by atoms with E-state index in [-0.39, 0.29) is 37.0 Å². The normalized spacial score (nSPS) is 15.6. The fourth-order valence-corrected chi connectivity index (χ4v) is 4.00. The van der Waals surface area contributed by atoms with Crippen molar-refractivity contribution in [3.63, 3.8) is 0 Å². The Morgan fingerprint density at radius 3 is 2.48 bits per heavy atom. The number of carbonyl (C=O) groups is 2. The largest absolute Gasteiger partial charge is 0.484 e. The molecule has 27 heavy (non-hydrogen) atoms. The first kappa shape index (κ1) is 18.8. The first-order chi connectivity index (χ1) is 12.9. The molecule has 0 unspecified atom stereocenters. The number of primary amides is 1. The number of benzene rings is 1. The van der Waals surface area contributed by atoms with Crippen LogP contribution < -0.4 is 15.4 Å². The number of nitrogens with zero attached hydrogens (tertiary/aromatic N) is 3. The highest BCUT2D eigenvalue weighted by atomic mass is 32.2. The molecule has 1 saturated heterocycles. The van der Waals surface area contributed by atoms with E-state index in [0.29, 0.717) is 11.6 Å². The number of sulfonamides is 1. The molecule has 1 aromatic carbocycles. The zero-order chi connectivity index (χ0) is 19.4. The second kappa shape index (κ2) is 7.72. The second-order valence-electron chi connectivity index (χ2n) is 5.80. The molecular formula is C17H18N4O5S. The van der Waals surface area contributed by atoms with E-state index in [2.05, 4.69) is 4.98 Å². The van der Waals surface area contributed by atoms with Crippen LogP contribution in [0, 0.1) is 0 Å². The molecular weight excluding hydrogens is 372 g/mol. The maximum absolute atomic E-state index is 12.8. The van der Waals surface area contributed by atoms with Gasteiger partial charge in [-0.05, 0) is 36.4 Å². The summed E-state index contributed by atoms with van der Waals surface area (Å²) in [5, 5.41) is 0. The predicted octanol–water partition coefficient (Wildman–Crippen LogP) is -0.0168. The summed E-state index contributed by atoms with van der Waals surface area (Å²) in [5.41, 5.74) is 5.00. The van der Waals surface area contributed by atoms with Gasteiger partial charge < -0.3 is 10.5 Å². The van der Waals surface area contributed by atoms with Gasteiger partial charge in [-0.25, -0.2) is 13.4 Å². The molecule has 1 fully saturated rings. The summed E-state index contributed by atoms with van der Waals surface area (Å²) in [4.78, 5) is 28.8. The summed E-state index contributed by atoms with van der Waals surface area (Å²) in [7, 11) is -3.83. The van der Waals surface area contributed by atoms with E-state index in [4.69, 9.17) is 10.5 Å². The standard InChI is InChI=1S/C17H18N4O5S/c18-15(22)12-26-13-4-6-14(7-5-13)27(24,25)20-9-10-21(17(23)11-20)16-3-1-2-8-19-16/h1-8H,9-12H2,(H2,18,22). The van der Waals surface area contributed by atoms with Crippen LogP contribution in [-0.2, 0) is 19.6 Å². The summed E-state index contributed by atoms with van der Waals surface area (Å²) in [6.45, 7) is -0.186. The van der Waals surface area contributed by atoms with E-state index in [1.165, 1.54) is 29.2 Å². The summed E-state index contributed by atoms with van der Waals surface area (Å²) in [5.74, 6) is -0.153. The van der Waals surface area contributed by atoms with Crippen LogP contribution in [0.4, 0.5) is 5.82 Å². The van der Waals surface area contributed by atoms with Crippen molar-refractivity contribution < 1.29 is 22.7 Å². The number of carbonyl (C=O) groups excluding carboxylic acids is 2. The first-order valence-corrected chi connectivity index (χ1v) is 9.54. The molecule has 0 bridgehead atoms. The minimum Gasteiger partial charge on any atom is -0.484 e. The van der Waals surface area contributed by atoms with Gasteiger partial charge in [0, 0.05) is 19.3 Å². The first-order valence-electron chi connectivity index (χ1n) is 8.10. The van der Waals surface area contributed by atoms with Crippen LogP contribution in [0.2, 0.25) is 0 Å². The van der Waals surface area contributed by atoms with E-state index in [9.17, 15) is 18.0 Å². The van der Waals surface area contributed by atoms with Crippen LogP contribution in [0.5, 0.6) is 5.75 Å². The van der Waals surface area contributed by atoms with Crippen LogP contribution in [0.25, 0.3) is 0 Å². The van der Waals surface area contributed by atoms with Crippen molar-refractivity contribution in [3.8, 4) is 5.75 Å². The van der Waals surface area contributed by atoms with Gasteiger partial charge in [-0.2, -0.15) is 4.31 Å². The topological polar surface area (TPSA) is 123 Å². The number of nitrogens with two attached hydrogens (primary N) is 1.